The van der Waals surface area contributed by atoms with Crippen LogP contribution >= 0.6 is 11.8 Å². The minimum atomic E-state index is -1.70. The van der Waals surface area contributed by atoms with Crippen molar-refractivity contribution in [2.24, 2.45) is 0 Å². The number of rotatable bonds is 4. The number of aliphatic carboxylic acids is 1. The van der Waals surface area contributed by atoms with Gasteiger partial charge in [0, 0.05) is 16.3 Å². The minimum Gasteiger partial charge on any atom is -0.479 e. The first-order chi connectivity index (χ1) is 6.92. The van der Waals surface area contributed by atoms with E-state index in [2.05, 4.69) is 0 Å². The van der Waals surface area contributed by atoms with Gasteiger partial charge in [0.15, 0.2) is 5.60 Å². The van der Waals surface area contributed by atoms with E-state index in [0.717, 1.165) is 4.90 Å². The van der Waals surface area contributed by atoms with Crippen molar-refractivity contribution in [3.8, 4) is 0 Å². The second-order valence-electron chi connectivity index (χ2n) is 3.44. The molecule has 15 heavy (non-hydrogen) atoms. The lowest BCUT2D eigenvalue weighted by Gasteiger charge is -2.16. The normalized spacial score (nSPS) is 14.5. The Balaban J connectivity index is 2.57. The molecule has 0 aliphatic rings. The summed E-state index contributed by atoms with van der Waals surface area (Å²) in [4.78, 5) is 11.5. The summed E-state index contributed by atoms with van der Waals surface area (Å²) in [6, 6.07) is 7.05. The second-order valence-corrected chi connectivity index (χ2v) is 4.49. The van der Waals surface area contributed by atoms with Crippen molar-refractivity contribution in [1.82, 2.24) is 0 Å². The van der Waals surface area contributed by atoms with Crippen molar-refractivity contribution in [2.75, 3.05) is 11.5 Å². The average Bonchev–Trinajstić information content (AvgIpc) is 2.17. The lowest BCUT2D eigenvalue weighted by molar-refractivity contribution is -0.154. The Bertz CT molecular complexity index is 348. The molecule has 0 fully saturated rings. The summed E-state index contributed by atoms with van der Waals surface area (Å²) in [5.74, 6) is -1.11. The first-order valence-corrected chi connectivity index (χ1v) is 5.34. The van der Waals surface area contributed by atoms with Crippen molar-refractivity contribution in [3.05, 3.63) is 24.3 Å². The van der Waals surface area contributed by atoms with Crippen LogP contribution < -0.4 is 5.73 Å². The Kier molecular flexibility index (Phi) is 3.60. The molecule has 0 radical (unpaired) electrons. The Morgan fingerprint density at radius 3 is 2.47 bits per heavy atom. The third kappa shape index (κ3) is 3.45. The number of thioether (sulfide) groups is 1. The number of hydrogen-bond donors (Lipinski definition) is 3. The fraction of sp³-hybridized carbons (Fsp3) is 0.300. The van der Waals surface area contributed by atoms with Crippen LogP contribution in [-0.4, -0.2) is 27.5 Å². The van der Waals surface area contributed by atoms with Crippen LogP contribution in [-0.2, 0) is 4.79 Å². The molecular weight excluding hydrogens is 214 g/mol. The van der Waals surface area contributed by atoms with Gasteiger partial charge in [-0.05, 0) is 31.2 Å². The standard InChI is InChI=1S/C10H13NO3S/c1-10(14,9(12)13)6-15-8-4-2-7(11)3-5-8/h2-5,14H,6,11H2,1H3,(H,12,13). The highest BCUT2D eigenvalue weighted by molar-refractivity contribution is 7.99. The van der Waals surface area contributed by atoms with Crippen LogP contribution in [0.25, 0.3) is 0 Å². The Labute approximate surface area is 92.1 Å². The largest absolute Gasteiger partial charge is 0.479 e. The molecule has 0 aliphatic heterocycles. The molecule has 0 amide bonds. The fourth-order valence-electron chi connectivity index (χ4n) is 0.850. The summed E-state index contributed by atoms with van der Waals surface area (Å²) < 4.78 is 0. The number of carbonyl (C=O) groups is 1. The SMILES string of the molecule is CC(O)(CSc1ccc(N)cc1)C(=O)O. The maximum Gasteiger partial charge on any atom is 0.336 e. The summed E-state index contributed by atoms with van der Waals surface area (Å²) >= 11 is 1.28. The van der Waals surface area contributed by atoms with E-state index < -0.39 is 11.6 Å². The fourth-order valence-corrected chi connectivity index (χ4v) is 1.75. The molecule has 4 nitrogen and oxygen atoms in total. The van der Waals surface area contributed by atoms with Crippen LogP contribution in [0.4, 0.5) is 5.69 Å². The summed E-state index contributed by atoms with van der Waals surface area (Å²) in [6.07, 6.45) is 0. The number of aliphatic hydroxyl groups is 1. The van der Waals surface area contributed by atoms with Crippen LogP contribution in [0.2, 0.25) is 0 Å². The van der Waals surface area contributed by atoms with Crippen LogP contribution in [0.1, 0.15) is 6.92 Å². The predicted molar refractivity (Wildman–Crippen MR) is 59.8 cm³/mol. The number of carboxylic acid groups (broad SMARTS) is 1. The number of anilines is 1. The van der Waals surface area contributed by atoms with Crippen molar-refractivity contribution in [2.45, 2.75) is 17.4 Å². The van der Waals surface area contributed by atoms with Gasteiger partial charge in [0.25, 0.3) is 0 Å². The van der Waals surface area contributed by atoms with Gasteiger partial charge in [-0.25, -0.2) is 4.79 Å². The minimum absolute atomic E-state index is 0.103. The van der Waals surface area contributed by atoms with Gasteiger partial charge in [-0.1, -0.05) is 0 Å². The highest BCUT2D eigenvalue weighted by atomic mass is 32.2. The summed E-state index contributed by atoms with van der Waals surface area (Å²) in [5, 5.41) is 18.1. The van der Waals surface area contributed by atoms with Crippen molar-refractivity contribution >= 4 is 23.4 Å². The molecular formula is C10H13NO3S. The molecule has 5 heteroatoms. The maximum atomic E-state index is 10.6. The molecule has 0 heterocycles. The zero-order valence-corrected chi connectivity index (χ0v) is 9.12. The molecule has 0 saturated heterocycles. The van der Waals surface area contributed by atoms with E-state index >= 15 is 0 Å². The van der Waals surface area contributed by atoms with Gasteiger partial charge in [0.2, 0.25) is 0 Å². The predicted octanol–water partition coefficient (Wildman–Crippen LogP) is 1.20. The molecule has 82 valence electrons. The van der Waals surface area contributed by atoms with Crippen molar-refractivity contribution in [1.29, 1.82) is 0 Å². The molecule has 1 atom stereocenters. The van der Waals surface area contributed by atoms with Gasteiger partial charge in [0.05, 0.1) is 0 Å². The Hall–Kier alpha value is -1.20. The summed E-state index contributed by atoms with van der Waals surface area (Å²) in [5.41, 5.74) is 4.46. The number of nitrogens with two attached hydrogens (primary N) is 1. The molecule has 0 bridgehead atoms. The zero-order valence-electron chi connectivity index (χ0n) is 8.30. The van der Waals surface area contributed by atoms with E-state index in [9.17, 15) is 9.90 Å². The molecule has 1 rings (SSSR count). The van der Waals surface area contributed by atoms with Crippen LogP contribution in [0.5, 0.6) is 0 Å². The molecule has 0 saturated carbocycles. The van der Waals surface area contributed by atoms with Gasteiger partial charge in [0.1, 0.15) is 0 Å². The molecule has 1 aromatic carbocycles. The molecule has 0 spiro atoms. The van der Waals surface area contributed by atoms with E-state index in [1.54, 1.807) is 24.3 Å². The molecule has 1 aromatic rings. The maximum absolute atomic E-state index is 10.6. The third-order valence-corrected chi connectivity index (χ3v) is 3.17. The van der Waals surface area contributed by atoms with E-state index in [0.29, 0.717) is 5.69 Å². The van der Waals surface area contributed by atoms with Gasteiger partial charge < -0.3 is 15.9 Å². The Morgan fingerprint density at radius 1 is 1.47 bits per heavy atom. The number of hydrogen-bond acceptors (Lipinski definition) is 4. The van der Waals surface area contributed by atoms with Gasteiger partial charge >= 0.3 is 5.97 Å². The lowest BCUT2D eigenvalue weighted by Crippen LogP contribution is -2.37. The van der Waals surface area contributed by atoms with E-state index in [1.165, 1.54) is 18.7 Å². The molecule has 4 N–H and O–H groups in total. The first-order valence-electron chi connectivity index (χ1n) is 4.36. The highest BCUT2D eigenvalue weighted by Crippen LogP contribution is 2.23. The van der Waals surface area contributed by atoms with Gasteiger partial charge in [-0.3, -0.25) is 0 Å². The number of benzene rings is 1. The number of carboxylic acids is 1. The van der Waals surface area contributed by atoms with Crippen molar-refractivity contribution in [3.63, 3.8) is 0 Å². The summed E-state index contributed by atoms with van der Waals surface area (Å²) in [6.45, 7) is 1.28. The molecule has 0 aliphatic carbocycles. The second kappa shape index (κ2) is 4.55. The smallest absolute Gasteiger partial charge is 0.336 e. The van der Waals surface area contributed by atoms with E-state index in [1.807, 2.05) is 0 Å². The summed E-state index contributed by atoms with van der Waals surface area (Å²) in [7, 11) is 0. The zero-order chi connectivity index (χ0) is 11.5. The van der Waals surface area contributed by atoms with Crippen LogP contribution in [0, 0.1) is 0 Å². The monoisotopic (exact) mass is 227 g/mol. The molecule has 0 aromatic heterocycles. The highest BCUT2D eigenvalue weighted by Gasteiger charge is 2.29. The number of nitrogen functional groups attached to an aromatic ring is 1. The quantitative estimate of drug-likeness (QED) is 0.531. The van der Waals surface area contributed by atoms with Gasteiger partial charge in [-0.2, -0.15) is 0 Å². The lowest BCUT2D eigenvalue weighted by atomic mass is 10.1. The van der Waals surface area contributed by atoms with E-state index in [4.69, 9.17) is 10.8 Å². The molecule has 1 unspecified atom stereocenters. The van der Waals surface area contributed by atoms with Crippen molar-refractivity contribution < 1.29 is 15.0 Å². The van der Waals surface area contributed by atoms with E-state index in [-0.39, 0.29) is 5.75 Å². The average molecular weight is 227 g/mol. The van der Waals surface area contributed by atoms with Crippen LogP contribution in [0.3, 0.4) is 0 Å². The Morgan fingerprint density at radius 2 is 2.00 bits per heavy atom. The van der Waals surface area contributed by atoms with Gasteiger partial charge in [-0.15, -0.1) is 11.8 Å². The topological polar surface area (TPSA) is 83.5 Å². The first kappa shape index (κ1) is 11.9. The third-order valence-electron chi connectivity index (χ3n) is 1.86. The van der Waals surface area contributed by atoms with Crippen LogP contribution in [0.15, 0.2) is 29.2 Å².